The van der Waals surface area contributed by atoms with E-state index in [-0.39, 0.29) is 24.3 Å². The van der Waals surface area contributed by atoms with Gasteiger partial charge in [0.05, 0.1) is 20.2 Å². The lowest BCUT2D eigenvalue weighted by atomic mass is 9.88. The number of benzene rings is 1. The van der Waals surface area contributed by atoms with Crippen LogP contribution >= 0.6 is 0 Å². The predicted octanol–water partition coefficient (Wildman–Crippen LogP) is 5.12. The van der Waals surface area contributed by atoms with Gasteiger partial charge in [-0.15, -0.1) is 0 Å². The van der Waals surface area contributed by atoms with Crippen molar-refractivity contribution >= 4 is 11.8 Å². The van der Waals surface area contributed by atoms with Crippen LogP contribution in [-0.4, -0.2) is 65.6 Å². The van der Waals surface area contributed by atoms with Crippen LogP contribution in [0.4, 0.5) is 0 Å². The molecular weight excluding hydrogens is 466 g/mol. The van der Waals surface area contributed by atoms with Crippen molar-refractivity contribution in [3.8, 4) is 5.75 Å². The van der Waals surface area contributed by atoms with Crippen molar-refractivity contribution in [2.45, 2.75) is 77.9 Å². The number of methoxy groups -OCH3 is 2. The summed E-state index contributed by atoms with van der Waals surface area (Å²) in [4.78, 5) is 30.9. The molecule has 1 aliphatic rings. The summed E-state index contributed by atoms with van der Waals surface area (Å²) >= 11 is 0. The minimum atomic E-state index is -0.395. The van der Waals surface area contributed by atoms with Crippen molar-refractivity contribution in [2.75, 3.05) is 33.9 Å². The molecule has 7 heteroatoms. The van der Waals surface area contributed by atoms with E-state index in [2.05, 4.69) is 37.5 Å². The molecule has 204 valence electrons. The molecule has 0 aliphatic heterocycles. The van der Waals surface area contributed by atoms with E-state index in [9.17, 15) is 9.59 Å². The zero-order chi connectivity index (χ0) is 26.8. The Hall–Kier alpha value is -2.80. The van der Waals surface area contributed by atoms with E-state index in [0.717, 1.165) is 49.1 Å². The minimum absolute atomic E-state index is 0.0248. The van der Waals surface area contributed by atoms with Gasteiger partial charge in [0, 0.05) is 50.2 Å². The number of aromatic nitrogens is 1. The number of nitrogens with zero attached hydrogens (tertiary/aromatic N) is 3. The van der Waals surface area contributed by atoms with Crippen molar-refractivity contribution in [3.05, 3.63) is 53.9 Å². The van der Waals surface area contributed by atoms with Gasteiger partial charge in [-0.3, -0.25) is 9.59 Å². The van der Waals surface area contributed by atoms with E-state index in [4.69, 9.17) is 9.47 Å². The molecule has 0 saturated heterocycles. The quantitative estimate of drug-likeness (QED) is 0.371. The number of carbonyl (C=O) groups is 2. The average Bonchev–Trinajstić information content (AvgIpc) is 3.32. The number of amides is 2. The van der Waals surface area contributed by atoms with Crippen LogP contribution in [0, 0.1) is 5.92 Å². The Bertz CT molecular complexity index is 1000. The van der Waals surface area contributed by atoms with Crippen LogP contribution in [-0.2, 0) is 27.4 Å². The monoisotopic (exact) mass is 511 g/mol. The number of carbonyl (C=O) groups excluding carboxylic acids is 2. The highest BCUT2D eigenvalue weighted by Crippen LogP contribution is 2.26. The van der Waals surface area contributed by atoms with Gasteiger partial charge in [-0.1, -0.05) is 31.4 Å². The largest absolute Gasteiger partial charge is 0.497 e. The number of hydrogen-bond donors (Lipinski definition) is 0. The number of hydrogen-bond acceptors (Lipinski definition) is 4. The predicted molar refractivity (Wildman–Crippen MR) is 146 cm³/mol. The molecule has 7 nitrogen and oxygen atoms in total. The van der Waals surface area contributed by atoms with Gasteiger partial charge >= 0.3 is 0 Å². The molecule has 37 heavy (non-hydrogen) atoms. The standard InChI is InChI=1S/C30H45N3O4/c1-30(2,3)33(22-26-15-10-17-31(26)21-24-12-9-16-27(20-24)37-5)28(34)23-32(18-11-19-36-4)29(35)25-13-7-6-8-14-25/h9-10,12,15-17,20,25H,6-8,11,13-14,18-19,21-23H2,1-5H3. The van der Waals surface area contributed by atoms with Crippen molar-refractivity contribution in [1.29, 1.82) is 0 Å². The molecule has 0 N–H and O–H groups in total. The van der Waals surface area contributed by atoms with Gasteiger partial charge in [0.2, 0.25) is 11.8 Å². The molecule has 2 aromatic rings. The SMILES string of the molecule is COCCCN(CC(=O)N(Cc1cccn1Cc1cccc(OC)c1)C(C)(C)C)C(=O)C1CCCCC1. The van der Waals surface area contributed by atoms with Crippen LogP contribution in [0.15, 0.2) is 42.6 Å². The maximum atomic E-state index is 13.8. The molecule has 1 aromatic heterocycles. The van der Waals surface area contributed by atoms with Crippen LogP contribution in [0.1, 0.15) is 70.6 Å². The fraction of sp³-hybridized carbons (Fsp3) is 0.600. The summed E-state index contributed by atoms with van der Waals surface area (Å²) in [6.07, 6.45) is 8.00. The fourth-order valence-electron chi connectivity index (χ4n) is 5.10. The summed E-state index contributed by atoms with van der Waals surface area (Å²) in [7, 11) is 3.34. The molecule has 3 rings (SSSR count). The maximum absolute atomic E-state index is 13.8. The van der Waals surface area contributed by atoms with Crippen molar-refractivity contribution < 1.29 is 19.1 Å². The van der Waals surface area contributed by atoms with Crippen LogP contribution in [0.2, 0.25) is 0 Å². The summed E-state index contributed by atoms with van der Waals surface area (Å²) in [5, 5.41) is 0. The van der Waals surface area contributed by atoms with Crippen LogP contribution in [0.25, 0.3) is 0 Å². The second-order valence-electron chi connectivity index (χ2n) is 11.1. The molecule has 0 bridgehead atoms. The Kier molecular flexibility index (Phi) is 10.6. The zero-order valence-electron chi connectivity index (χ0n) is 23.4. The molecule has 0 spiro atoms. The first kappa shape index (κ1) is 28.8. The smallest absolute Gasteiger partial charge is 0.242 e. The third-order valence-electron chi connectivity index (χ3n) is 7.21. The van der Waals surface area contributed by atoms with Gasteiger partial charge in [-0.25, -0.2) is 0 Å². The Morgan fingerprint density at radius 3 is 2.49 bits per heavy atom. The summed E-state index contributed by atoms with van der Waals surface area (Å²) in [5.74, 6) is 0.962. The lowest BCUT2D eigenvalue weighted by molar-refractivity contribution is -0.146. The zero-order valence-corrected chi connectivity index (χ0v) is 23.4. The van der Waals surface area contributed by atoms with E-state index >= 15 is 0 Å². The van der Waals surface area contributed by atoms with Gasteiger partial charge in [0.15, 0.2) is 0 Å². The van der Waals surface area contributed by atoms with E-state index < -0.39 is 5.54 Å². The van der Waals surface area contributed by atoms with E-state index in [0.29, 0.717) is 26.2 Å². The highest BCUT2D eigenvalue weighted by Gasteiger charge is 2.32. The number of ether oxygens (including phenoxy) is 2. The Morgan fingerprint density at radius 1 is 1.05 bits per heavy atom. The maximum Gasteiger partial charge on any atom is 0.242 e. The van der Waals surface area contributed by atoms with E-state index in [1.165, 1.54) is 6.42 Å². The molecule has 0 atom stereocenters. The van der Waals surface area contributed by atoms with Crippen LogP contribution in [0.3, 0.4) is 0 Å². The van der Waals surface area contributed by atoms with Gasteiger partial charge in [-0.05, 0) is 69.9 Å². The topological polar surface area (TPSA) is 64.0 Å². The highest BCUT2D eigenvalue weighted by atomic mass is 16.5. The molecule has 0 unspecified atom stereocenters. The molecule has 1 aliphatic carbocycles. The van der Waals surface area contributed by atoms with E-state index in [1.807, 2.05) is 35.4 Å². The van der Waals surface area contributed by atoms with Crippen LogP contribution < -0.4 is 4.74 Å². The summed E-state index contributed by atoms with van der Waals surface area (Å²) in [6.45, 7) is 8.54. The average molecular weight is 512 g/mol. The Morgan fingerprint density at radius 2 is 1.81 bits per heavy atom. The van der Waals surface area contributed by atoms with Crippen molar-refractivity contribution in [1.82, 2.24) is 14.4 Å². The normalized spacial score (nSPS) is 14.4. The second-order valence-corrected chi connectivity index (χ2v) is 11.1. The third kappa shape index (κ3) is 8.35. The van der Waals surface area contributed by atoms with Gasteiger partial charge < -0.3 is 23.8 Å². The molecule has 0 radical (unpaired) electrons. The molecule has 2 amide bonds. The van der Waals surface area contributed by atoms with Crippen LogP contribution in [0.5, 0.6) is 5.75 Å². The molecule has 1 heterocycles. The fourth-order valence-corrected chi connectivity index (χ4v) is 5.10. The summed E-state index contributed by atoms with van der Waals surface area (Å²) in [6, 6.07) is 12.1. The second kappa shape index (κ2) is 13.7. The van der Waals surface area contributed by atoms with Crippen molar-refractivity contribution in [2.24, 2.45) is 5.92 Å². The number of rotatable bonds is 12. The minimum Gasteiger partial charge on any atom is -0.497 e. The summed E-state index contributed by atoms with van der Waals surface area (Å²) in [5.41, 5.74) is 1.79. The first-order valence-electron chi connectivity index (χ1n) is 13.6. The third-order valence-corrected chi connectivity index (χ3v) is 7.21. The summed E-state index contributed by atoms with van der Waals surface area (Å²) < 4.78 is 12.8. The lowest BCUT2D eigenvalue weighted by Crippen LogP contribution is -2.51. The first-order valence-corrected chi connectivity index (χ1v) is 13.6. The lowest BCUT2D eigenvalue weighted by Gasteiger charge is -2.38. The molecule has 1 saturated carbocycles. The Balaban J connectivity index is 1.75. The van der Waals surface area contributed by atoms with Gasteiger partial charge in [0.25, 0.3) is 0 Å². The molecule has 1 aromatic carbocycles. The molecule has 1 fully saturated rings. The first-order chi connectivity index (χ1) is 17.7. The molecular formula is C30H45N3O4. The van der Waals surface area contributed by atoms with Gasteiger partial charge in [0.1, 0.15) is 5.75 Å². The van der Waals surface area contributed by atoms with E-state index in [1.54, 1.807) is 19.1 Å². The highest BCUT2D eigenvalue weighted by molar-refractivity contribution is 5.86. The Labute approximate surface area is 222 Å². The van der Waals surface area contributed by atoms with Crippen molar-refractivity contribution in [3.63, 3.8) is 0 Å². The van der Waals surface area contributed by atoms with Gasteiger partial charge in [-0.2, -0.15) is 0 Å².